The van der Waals surface area contributed by atoms with Crippen molar-refractivity contribution >= 4 is 21.5 Å². The monoisotopic (exact) mass is 388 g/mol. The second kappa shape index (κ2) is 8.55. The minimum absolute atomic E-state index is 1.31. The quantitative estimate of drug-likeness (QED) is 0.270. The van der Waals surface area contributed by atoms with Crippen LogP contribution in [0.5, 0.6) is 0 Å². The first-order chi connectivity index (χ1) is 14.5. The normalized spacial score (nSPS) is 10.7. The van der Waals surface area contributed by atoms with Gasteiger partial charge in [-0.1, -0.05) is 103 Å². The molecule has 5 aromatic carbocycles. The van der Waals surface area contributed by atoms with Gasteiger partial charge in [0.15, 0.2) is 0 Å². The van der Waals surface area contributed by atoms with Crippen LogP contribution in [0.25, 0.3) is 32.7 Å². The van der Waals surface area contributed by atoms with Crippen LogP contribution >= 0.6 is 0 Å². The van der Waals surface area contributed by atoms with Crippen LogP contribution in [-0.4, -0.2) is 0 Å². The van der Waals surface area contributed by atoms with Gasteiger partial charge in [0.05, 0.1) is 0 Å². The Bertz CT molecular complexity index is 1320. The van der Waals surface area contributed by atoms with E-state index in [1.807, 2.05) is 0 Å². The lowest BCUT2D eigenvalue weighted by molar-refractivity contribution is 1.33. The Labute approximate surface area is 179 Å². The highest BCUT2D eigenvalue weighted by Gasteiger charge is 2.10. The molecule has 0 atom stereocenters. The predicted octanol–water partition coefficient (Wildman–Crippen LogP) is 8.58. The third-order valence-electron chi connectivity index (χ3n) is 5.92. The van der Waals surface area contributed by atoms with Crippen LogP contribution in [0.1, 0.15) is 22.3 Å². The Balaban J connectivity index is 0.000000168. The first kappa shape index (κ1) is 19.9. The van der Waals surface area contributed by atoms with Crippen LogP contribution in [-0.2, 0) is 0 Å². The van der Waals surface area contributed by atoms with E-state index in [0.29, 0.717) is 0 Å². The second-order valence-corrected chi connectivity index (χ2v) is 8.08. The summed E-state index contributed by atoms with van der Waals surface area (Å²) in [6.45, 7) is 8.71. The van der Waals surface area contributed by atoms with E-state index >= 15 is 0 Å². The van der Waals surface area contributed by atoms with Crippen LogP contribution in [0, 0.1) is 27.7 Å². The summed E-state index contributed by atoms with van der Waals surface area (Å²) in [4.78, 5) is 0. The lowest BCUT2D eigenvalue weighted by Gasteiger charge is -2.14. The predicted molar refractivity (Wildman–Crippen MR) is 132 cm³/mol. The van der Waals surface area contributed by atoms with E-state index in [4.69, 9.17) is 0 Å². The summed E-state index contributed by atoms with van der Waals surface area (Å²) < 4.78 is 0. The fraction of sp³-hybridized carbons (Fsp3) is 0.133. The number of hydrogen-bond donors (Lipinski definition) is 0. The number of rotatable bonds is 1. The van der Waals surface area contributed by atoms with Crippen LogP contribution in [0.2, 0.25) is 0 Å². The van der Waals surface area contributed by atoms with Gasteiger partial charge < -0.3 is 0 Å². The minimum Gasteiger partial charge on any atom is -0.0616 e. The SMILES string of the molecule is Cc1ccc2ccccc2c1.Cc1cccc(-c2c(C)ccc3ccccc23)c1C. The molecule has 0 N–H and O–H groups in total. The average Bonchev–Trinajstić information content (AvgIpc) is 2.76. The highest BCUT2D eigenvalue weighted by Crippen LogP contribution is 2.34. The molecular weight excluding hydrogens is 360 g/mol. The van der Waals surface area contributed by atoms with E-state index < -0.39 is 0 Å². The van der Waals surface area contributed by atoms with Gasteiger partial charge in [0.1, 0.15) is 0 Å². The van der Waals surface area contributed by atoms with Gasteiger partial charge in [-0.05, 0) is 77.1 Å². The largest absolute Gasteiger partial charge is 0.0616 e. The summed E-state index contributed by atoms with van der Waals surface area (Å²) in [7, 11) is 0. The van der Waals surface area contributed by atoms with Crippen LogP contribution in [0.15, 0.2) is 97.1 Å². The third-order valence-corrected chi connectivity index (χ3v) is 5.92. The van der Waals surface area contributed by atoms with Crippen molar-refractivity contribution in [3.8, 4) is 11.1 Å². The first-order valence-corrected chi connectivity index (χ1v) is 10.5. The van der Waals surface area contributed by atoms with E-state index in [-0.39, 0.29) is 0 Å². The molecule has 0 fully saturated rings. The van der Waals surface area contributed by atoms with Gasteiger partial charge in [0.25, 0.3) is 0 Å². The maximum absolute atomic E-state index is 2.23. The molecule has 0 aliphatic carbocycles. The molecule has 5 aromatic rings. The average molecular weight is 389 g/mol. The highest BCUT2D eigenvalue weighted by molar-refractivity contribution is 5.99. The maximum atomic E-state index is 2.23. The fourth-order valence-electron chi connectivity index (χ4n) is 4.07. The zero-order valence-corrected chi connectivity index (χ0v) is 18.2. The molecule has 30 heavy (non-hydrogen) atoms. The van der Waals surface area contributed by atoms with Crippen molar-refractivity contribution in [1.82, 2.24) is 0 Å². The molecule has 0 heterocycles. The molecule has 0 aliphatic rings. The van der Waals surface area contributed by atoms with E-state index in [1.165, 1.54) is 54.9 Å². The number of benzene rings is 5. The van der Waals surface area contributed by atoms with Crippen molar-refractivity contribution in [3.63, 3.8) is 0 Å². The van der Waals surface area contributed by atoms with Gasteiger partial charge in [-0.25, -0.2) is 0 Å². The molecule has 0 bridgehead atoms. The van der Waals surface area contributed by atoms with Crippen molar-refractivity contribution < 1.29 is 0 Å². The maximum Gasteiger partial charge on any atom is -0.00734 e. The highest BCUT2D eigenvalue weighted by atomic mass is 14.1. The van der Waals surface area contributed by atoms with E-state index in [1.54, 1.807) is 0 Å². The number of aryl methyl sites for hydroxylation is 3. The molecule has 0 unspecified atom stereocenters. The Morgan fingerprint density at radius 1 is 0.467 bits per heavy atom. The van der Waals surface area contributed by atoms with Crippen molar-refractivity contribution in [2.45, 2.75) is 27.7 Å². The topological polar surface area (TPSA) is 0 Å². The first-order valence-electron chi connectivity index (χ1n) is 10.5. The summed E-state index contributed by atoms with van der Waals surface area (Å²) >= 11 is 0. The molecule has 148 valence electrons. The summed E-state index contributed by atoms with van der Waals surface area (Å²) in [5.74, 6) is 0. The van der Waals surface area contributed by atoms with Gasteiger partial charge >= 0.3 is 0 Å². The molecule has 0 nitrogen and oxygen atoms in total. The summed E-state index contributed by atoms with van der Waals surface area (Å²) in [6.07, 6.45) is 0. The third kappa shape index (κ3) is 4.00. The van der Waals surface area contributed by atoms with Gasteiger partial charge in [-0.15, -0.1) is 0 Å². The van der Waals surface area contributed by atoms with Crippen molar-refractivity contribution in [2.75, 3.05) is 0 Å². The van der Waals surface area contributed by atoms with Crippen LogP contribution in [0.3, 0.4) is 0 Å². The Kier molecular flexibility index (Phi) is 5.68. The van der Waals surface area contributed by atoms with Crippen molar-refractivity contribution in [1.29, 1.82) is 0 Å². The van der Waals surface area contributed by atoms with Gasteiger partial charge in [0, 0.05) is 0 Å². The summed E-state index contributed by atoms with van der Waals surface area (Å²) in [5, 5.41) is 5.30. The second-order valence-electron chi connectivity index (χ2n) is 8.08. The standard InChI is InChI=1S/C19H18.C11H10/c1-13-7-6-10-17(15(13)3)19-14(2)11-12-16-8-4-5-9-18(16)19;1-9-6-7-10-4-2-3-5-11(10)8-9/h4-12H,1-3H3;2-8H,1H3. The molecular formula is C30H28. The molecule has 0 heteroatoms. The van der Waals surface area contributed by atoms with Crippen molar-refractivity contribution in [3.05, 3.63) is 119 Å². The number of fused-ring (bicyclic) bond motifs is 2. The molecule has 0 amide bonds. The lowest BCUT2D eigenvalue weighted by atomic mass is 9.90. The zero-order valence-electron chi connectivity index (χ0n) is 18.2. The van der Waals surface area contributed by atoms with E-state index in [2.05, 4.69) is 125 Å². The van der Waals surface area contributed by atoms with Gasteiger partial charge in [-0.2, -0.15) is 0 Å². The summed E-state index contributed by atoms with van der Waals surface area (Å²) in [6, 6.07) is 34.5. The fourth-order valence-corrected chi connectivity index (χ4v) is 4.07. The zero-order chi connectivity index (χ0) is 21.1. The smallest absolute Gasteiger partial charge is 0.00734 e. The Morgan fingerprint density at radius 3 is 1.93 bits per heavy atom. The van der Waals surface area contributed by atoms with E-state index in [0.717, 1.165) is 0 Å². The van der Waals surface area contributed by atoms with E-state index in [9.17, 15) is 0 Å². The lowest BCUT2D eigenvalue weighted by Crippen LogP contribution is -1.91. The van der Waals surface area contributed by atoms with Crippen molar-refractivity contribution in [2.24, 2.45) is 0 Å². The molecule has 5 rings (SSSR count). The molecule has 0 aliphatic heterocycles. The van der Waals surface area contributed by atoms with Gasteiger partial charge in [0.2, 0.25) is 0 Å². The minimum atomic E-state index is 1.31. The molecule has 0 saturated heterocycles. The Hall–Kier alpha value is -3.38. The van der Waals surface area contributed by atoms with Gasteiger partial charge in [-0.3, -0.25) is 0 Å². The summed E-state index contributed by atoms with van der Waals surface area (Å²) in [5.41, 5.74) is 8.12. The van der Waals surface area contributed by atoms with Crippen LogP contribution in [0.4, 0.5) is 0 Å². The molecule has 0 radical (unpaired) electrons. The molecule has 0 saturated carbocycles. The Morgan fingerprint density at radius 2 is 1.13 bits per heavy atom. The van der Waals surface area contributed by atoms with Crippen LogP contribution < -0.4 is 0 Å². The molecule has 0 aromatic heterocycles. The number of hydrogen-bond acceptors (Lipinski definition) is 0. The molecule has 0 spiro atoms.